The van der Waals surface area contributed by atoms with E-state index in [1.165, 1.54) is 11.3 Å². The summed E-state index contributed by atoms with van der Waals surface area (Å²) in [7, 11) is -3.46. The van der Waals surface area contributed by atoms with Gasteiger partial charge in [0.25, 0.3) is 0 Å². The van der Waals surface area contributed by atoms with Gasteiger partial charge in [0.1, 0.15) is 4.21 Å². The normalized spacial score (nSPS) is 13.7. The topological polar surface area (TPSA) is 64.6 Å². The summed E-state index contributed by atoms with van der Waals surface area (Å²) < 4.78 is 37.6. The average Bonchev–Trinajstić information content (AvgIpc) is 3.04. The van der Waals surface area contributed by atoms with Gasteiger partial charge in [-0.3, -0.25) is 0 Å². The van der Waals surface area contributed by atoms with Crippen LogP contribution in [0.3, 0.4) is 0 Å². The smallest absolute Gasteiger partial charge is 0.250 e. The Morgan fingerprint density at radius 1 is 1.20 bits per heavy atom. The van der Waals surface area contributed by atoms with Gasteiger partial charge in [0.15, 0.2) is 11.5 Å². The fourth-order valence-corrected chi connectivity index (χ4v) is 4.20. The first kappa shape index (κ1) is 13.4. The number of ether oxygens (including phenoxy) is 2. The molecule has 20 heavy (non-hydrogen) atoms. The Balaban J connectivity index is 1.73. The van der Waals surface area contributed by atoms with Crippen molar-refractivity contribution in [3.63, 3.8) is 0 Å². The van der Waals surface area contributed by atoms with E-state index in [9.17, 15) is 8.42 Å². The summed E-state index contributed by atoms with van der Waals surface area (Å²) in [5.41, 5.74) is 0.825. The third kappa shape index (κ3) is 2.65. The summed E-state index contributed by atoms with van der Waals surface area (Å²) >= 11 is 1.25. The molecule has 0 fully saturated rings. The summed E-state index contributed by atoms with van der Waals surface area (Å²) in [5.74, 6) is 1.33. The first-order valence-electron chi connectivity index (χ1n) is 5.99. The van der Waals surface area contributed by atoms with Crippen molar-refractivity contribution in [3.05, 3.63) is 40.8 Å². The van der Waals surface area contributed by atoms with E-state index in [2.05, 4.69) is 4.72 Å². The highest BCUT2D eigenvalue weighted by Crippen LogP contribution is 2.32. The van der Waals surface area contributed by atoms with E-state index in [0.717, 1.165) is 10.4 Å². The van der Waals surface area contributed by atoms with Crippen LogP contribution in [0.15, 0.2) is 34.5 Å². The predicted octanol–water partition coefficient (Wildman–Crippen LogP) is 2.26. The van der Waals surface area contributed by atoms with Crippen molar-refractivity contribution in [2.45, 2.75) is 17.7 Å². The molecule has 0 aliphatic carbocycles. The average molecular weight is 311 g/mol. The van der Waals surface area contributed by atoms with Gasteiger partial charge >= 0.3 is 0 Å². The number of benzene rings is 1. The maximum absolute atomic E-state index is 12.1. The van der Waals surface area contributed by atoms with Crippen LogP contribution in [0.4, 0.5) is 0 Å². The van der Waals surface area contributed by atoms with Gasteiger partial charge in [-0.05, 0) is 36.8 Å². The fourth-order valence-electron chi connectivity index (χ4n) is 1.86. The lowest BCUT2D eigenvalue weighted by Crippen LogP contribution is -2.22. The maximum atomic E-state index is 12.1. The molecule has 106 valence electrons. The Hall–Kier alpha value is -1.57. The van der Waals surface area contributed by atoms with E-state index in [-0.39, 0.29) is 13.3 Å². The van der Waals surface area contributed by atoms with Gasteiger partial charge in [0.2, 0.25) is 16.8 Å². The first-order chi connectivity index (χ1) is 9.54. The minimum absolute atomic E-state index is 0.207. The molecular weight excluding hydrogens is 298 g/mol. The molecule has 2 aromatic rings. The van der Waals surface area contributed by atoms with Crippen molar-refractivity contribution in [1.29, 1.82) is 0 Å². The van der Waals surface area contributed by atoms with E-state index in [4.69, 9.17) is 9.47 Å². The summed E-state index contributed by atoms with van der Waals surface area (Å²) in [6, 6.07) is 8.78. The molecule has 0 saturated heterocycles. The minimum Gasteiger partial charge on any atom is -0.454 e. The zero-order chi connectivity index (χ0) is 14.2. The molecule has 3 rings (SSSR count). The van der Waals surface area contributed by atoms with Crippen LogP contribution < -0.4 is 14.2 Å². The Morgan fingerprint density at radius 2 is 2.00 bits per heavy atom. The number of nitrogens with one attached hydrogen (secondary N) is 1. The molecule has 1 aliphatic rings. The second-order valence-corrected chi connectivity index (χ2v) is 7.66. The van der Waals surface area contributed by atoms with Crippen LogP contribution in [0.2, 0.25) is 0 Å². The molecule has 0 amide bonds. The van der Waals surface area contributed by atoms with Crippen LogP contribution in [0.5, 0.6) is 11.5 Å². The lowest BCUT2D eigenvalue weighted by atomic mass is 10.2. The number of sulfonamides is 1. The van der Waals surface area contributed by atoms with Crippen molar-refractivity contribution < 1.29 is 17.9 Å². The molecule has 0 bridgehead atoms. The third-order valence-corrected chi connectivity index (χ3v) is 5.78. The quantitative estimate of drug-likeness (QED) is 0.940. The van der Waals surface area contributed by atoms with Gasteiger partial charge in [0.05, 0.1) is 0 Å². The number of thiophene rings is 1. The van der Waals surface area contributed by atoms with Crippen LogP contribution in [0.25, 0.3) is 0 Å². The second kappa shape index (κ2) is 5.08. The molecule has 1 aromatic carbocycles. The molecule has 7 heteroatoms. The Bertz CT molecular complexity index is 737. The molecule has 5 nitrogen and oxygen atoms in total. The van der Waals surface area contributed by atoms with Gasteiger partial charge in [-0.25, -0.2) is 13.1 Å². The monoisotopic (exact) mass is 311 g/mol. The lowest BCUT2D eigenvalue weighted by Gasteiger charge is -2.05. The van der Waals surface area contributed by atoms with Gasteiger partial charge in [-0.2, -0.15) is 0 Å². The van der Waals surface area contributed by atoms with E-state index in [1.807, 2.05) is 13.0 Å². The van der Waals surface area contributed by atoms with Crippen LogP contribution in [0, 0.1) is 6.92 Å². The first-order valence-corrected chi connectivity index (χ1v) is 8.29. The zero-order valence-electron chi connectivity index (χ0n) is 10.8. The highest BCUT2D eigenvalue weighted by atomic mass is 32.2. The number of hydrogen-bond acceptors (Lipinski definition) is 5. The molecular formula is C13H13NO4S2. The summed E-state index contributed by atoms with van der Waals surface area (Å²) in [4.78, 5) is 0.966. The van der Waals surface area contributed by atoms with Crippen LogP contribution in [-0.2, 0) is 16.6 Å². The van der Waals surface area contributed by atoms with Crippen molar-refractivity contribution in [2.24, 2.45) is 0 Å². The summed E-state index contributed by atoms with van der Waals surface area (Å²) in [6.07, 6.45) is 0. The minimum atomic E-state index is -3.46. The van der Waals surface area contributed by atoms with Gasteiger partial charge in [-0.1, -0.05) is 6.07 Å². The molecule has 0 radical (unpaired) electrons. The largest absolute Gasteiger partial charge is 0.454 e. The van der Waals surface area contributed by atoms with Crippen molar-refractivity contribution in [2.75, 3.05) is 6.79 Å². The fraction of sp³-hybridized carbons (Fsp3) is 0.231. The number of hydrogen-bond donors (Lipinski definition) is 1. The van der Waals surface area contributed by atoms with Crippen molar-refractivity contribution in [1.82, 2.24) is 4.72 Å². The molecule has 1 N–H and O–H groups in total. The summed E-state index contributed by atoms with van der Waals surface area (Å²) in [6.45, 7) is 2.30. The van der Waals surface area contributed by atoms with E-state index in [1.54, 1.807) is 24.3 Å². The second-order valence-electron chi connectivity index (χ2n) is 4.38. The predicted molar refractivity (Wildman–Crippen MR) is 75.6 cm³/mol. The number of aryl methyl sites for hydroxylation is 1. The Labute approximate surface area is 121 Å². The van der Waals surface area contributed by atoms with Crippen LogP contribution >= 0.6 is 11.3 Å². The summed E-state index contributed by atoms with van der Waals surface area (Å²) in [5, 5.41) is 0. The molecule has 1 aromatic heterocycles. The molecule has 0 saturated carbocycles. The highest BCUT2D eigenvalue weighted by molar-refractivity contribution is 7.91. The number of rotatable bonds is 4. The zero-order valence-corrected chi connectivity index (χ0v) is 12.4. The van der Waals surface area contributed by atoms with Gasteiger partial charge < -0.3 is 9.47 Å². The molecule has 1 aliphatic heterocycles. The van der Waals surface area contributed by atoms with E-state index >= 15 is 0 Å². The molecule has 0 atom stereocenters. The third-order valence-electron chi connectivity index (χ3n) is 2.88. The van der Waals surface area contributed by atoms with Crippen molar-refractivity contribution >= 4 is 21.4 Å². The highest BCUT2D eigenvalue weighted by Gasteiger charge is 2.17. The van der Waals surface area contributed by atoms with Crippen LogP contribution in [-0.4, -0.2) is 15.2 Å². The Kier molecular flexibility index (Phi) is 3.41. The molecule has 0 spiro atoms. The van der Waals surface area contributed by atoms with Gasteiger partial charge in [0, 0.05) is 11.4 Å². The number of fused-ring (bicyclic) bond motifs is 1. The van der Waals surface area contributed by atoms with Gasteiger partial charge in [-0.15, -0.1) is 11.3 Å². The van der Waals surface area contributed by atoms with E-state index < -0.39 is 10.0 Å². The molecule has 2 heterocycles. The van der Waals surface area contributed by atoms with Crippen molar-refractivity contribution in [3.8, 4) is 11.5 Å². The standard InChI is InChI=1S/C13H13NO4S2/c1-9-2-5-13(19-9)20(15,16)14-7-10-3-4-11-12(6-10)18-8-17-11/h2-6,14H,7-8H2,1H3. The Morgan fingerprint density at radius 3 is 2.75 bits per heavy atom. The maximum Gasteiger partial charge on any atom is 0.250 e. The lowest BCUT2D eigenvalue weighted by molar-refractivity contribution is 0.174. The molecule has 0 unspecified atom stereocenters. The van der Waals surface area contributed by atoms with Crippen LogP contribution in [0.1, 0.15) is 10.4 Å². The SMILES string of the molecule is Cc1ccc(S(=O)(=O)NCc2ccc3c(c2)OCO3)s1. The van der Waals surface area contributed by atoms with E-state index in [0.29, 0.717) is 15.7 Å².